The molecule has 0 aromatic heterocycles. The summed E-state index contributed by atoms with van der Waals surface area (Å²) in [7, 11) is -1.29. The van der Waals surface area contributed by atoms with Crippen molar-refractivity contribution in [2.75, 3.05) is 12.0 Å². The van der Waals surface area contributed by atoms with Gasteiger partial charge in [-0.05, 0) is 24.3 Å². The highest BCUT2D eigenvalue weighted by Crippen LogP contribution is 2.34. The molecule has 9 heteroatoms. The summed E-state index contributed by atoms with van der Waals surface area (Å²) in [6.07, 6.45) is 2.10. The van der Waals surface area contributed by atoms with E-state index < -0.39 is 19.0 Å². The van der Waals surface area contributed by atoms with Crippen molar-refractivity contribution in [1.82, 2.24) is 5.32 Å². The number of aromatic carboxylic acids is 1. The number of carboxylic acid groups (broad SMARTS) is 1. The van der Waals surface area contributed by atoms with Crippen LogP contribution in [0.3, 0.4) is 0 Å². The summed E-state index contributed by atoms with van der Waals surface area (Å²) in [6.45, 7) is 0. The molecule has 1 amide bonds. The van der Waals surface area contributed by atoms with Crippen LogP contribution in [0.25, 0.3) is 0 Å². The Morgan fingerprint density at radius 3 is 2.90 bits per heavy atom. The van der Waals surface area contributed by atoms with Gasteiger partial charge in [0.05, 0.1) is 11.7 Å². The highest BCUT2D eigenvalue weighted by Gasteiger charge is 2.38. The molecule has 0 unspecified atom stereocenters. The van der Waals surface area contributed by atoms with Crippen molar-refractivity contribution in [1.29, 1.82) is 0 Å². The van der Waals surface area contributed by atoms with Crippen molar-refractivity contribution in [3.8, 4) is 5.75 Å². The number of fused-ring (bicyclic) bond motifs is 1. The molecular formula is C12H14BNO5S2. The van der Waals surface area contributed by atoms with Crippen molar-refractivity contribution in [2.24, 2.45) is 0 Å². The van der Waals surface area contributed by atoms with Gasteiger partial charge in [-0.3, -0.25) is 4.79 Å². The van der Waals surface area contributed by atoms with Crippen molar-refractivity contribution < 1.29 is 24.4 Å². The SMILES string of the molecule is CSCC(=O)N[C@H]1Cc2ccc(S)c(C(=O)O)c2OB1O. The summed E-state index contributed by atoms with van der Waals surface area (Å²) in [6, 6.07) is 3.25. The third-order valence-electron chi connectivity index (χ3n) is 3.08. The van der Waals surface area contributed by atoms with Gasteiger partial charge in [-0.25, -0.2) is 4.79 Å². The molecule has 3 N–H and O–H groups in total. The van der Waals surface area contributed by atoms with Crippen LogP contribution in [-0.2, 0) is 11.2 Å². The van der Waals surface area contributed by atoms with Crippen LogP contribution in [0, 0.1) is 0 Å². The molecule has 1 heterocycles. The fourth-order valence-electron chi connectivity index (χ4n) is 2.16. The minimum absolute atomic E-state index is 0.0798. The van der Waals surface area contributed by atoms with E-state index in [1.165, 1.54) is 11.8 Å². The summed E-state index contributed by atoms with van der Waals surface area (Å²) < 4.78 is 5.30. The third kappa shape index (κ3) is 3.48. The highest BCUT2D eigenvalue weighted by molar-refractivity contribution is 7.99. The summed E-state index contributed by atoms with van der Waals surface area (Å²) in [4.78, 5) is 23.1. The minimum Gasteiger partial charge on any atom is -0.534 e. The number of thiol groups is 1. The van der Waals surface area contributed by atoms with E-state index in [9.17, 15) is 19.7 Å². The fraction of sp³-hybridized carbons (Fsp3) is 0.333. The minimum atomic E-state index is -1.29. The maximum absolute atomic E-state index is 11.6. The molecule has 112 valence electrons. The number of benzene rings is 1. The summed E-state index contributed by atoms with van der Waals surface area (Å²) in [5.41, 5.74) is 0.536. The molecule has 6 nitrogen and oxygen atoms in total. The molecule has 1 aliphatic heterocycles. The topological polar surface area (TPSA) is 95.9 Å². The molecule has 1 aromatic carbocycles. The Morgan fingerprint density at radius 1 is 1.57 bits per heavy atom. The smallest absolute Gasteiger partial charge is 0.534 e. The van der Waals surface area contributed by atoms with Gasteiger partial charge in [0, 0.05) is 4.90 Å². The fourth-order valence-corrected chi connectivity index (χ4v) is 2.78. The number of nitrogens with one attached hydrogen (secondary N) is 1. The van der Waals surface area contributed by atoms with Crippen LogP contribution in [-0.4, -0.2) is 47.1 Å². The normalized spacial score (nSPS) is 16.9. The van der Waals surface area contributed by atoms with Gasteiger partial charge in [-0.2, -0.15) is 11.8 Å². The van der Waals surface area contributed by atoms with Crippen LogP contribution in [0.5, 0.6) is 5.75 Å². The number of thioether (sulfide) groups is 1. The van der Waals surface area contributed by atoms with Crippen LogP contribution in [0.4, 0.5) is 0 Å². The van der Waals surface area contributed by atoms with E-state index in [0.29, 0.717) is 12.0 Å². The van der Waals surface area contributed by atoms with Gasteiger partial charge in [0.2, 0.25) is 5.91 Å². The first kappa shape index (κ1) is 16.1. The van der Waals surface area contributed by atoms with E-state index in [0.717, 1.165) is 0 Å². The molecule has 21 heavy (non-hydrogen) atoms. The second-order valence-electron chi connectivity index (χ2n) is 4.57. The van der Waals surface area contributed by atoms with Crippen LogP contribution >= 0.6 is 24.4 Å². The number of amides is 1. The lowest BCUT2D eigenvalue weighted by molar-refractivity contribution is -0.118. The van der Waals surface area contributed by atoms with Crippen LogP contribution in [0.1, 0.15) is 15.9 Å². The summed E-state index contributed by atoms with van der Waals surface area (Å²) in [5, 5.41) is 21.8. The van der Waals surface area contributed by atoms with E-state index in [-0.39, 0.29) is 27.9 Å². The first-order chi connectivity index (χ1) is 9.93. The van der Waals surface area contributed by atoms with E-state index in [1.54, 1.807) is 18.4 Å². The first-order valence-electron chi connectivity index (χ1n) is 6.15. The molecular weight excluding hydrogens is 313 g/mol. The monoisotopic (exact) mass is 327 g/mol. The Balaban J connectivity index is 2.26. The lowest BCUT2D eigenvalue weighted by Gasteiger charge is -2.29. The molecule has 0 saturated heterocycles. The van der Waals surface area contributed by atoms with Gasteiger partial charge in [0.25, 0.3) is 0 Å². The number of hydrogen-bond acceptors (Lipinski definition) is 6. The summed E-state index contributed by atoms with van der Waals surface area (Å²) >= 11 is 5.46. The number of carbonyl (C=O) groups is 2. The van der Waals surface area contributed by atoms with Crippen LogP contribution < -0.4 is 9.97 Å². The zero-order valence-corrected chi connectivity index (χ0v) is 12.9. The number of hydrogen-bond donors (Lipinski definition) is 4. The number of carbonyl (C=O) groups excluding carboxylic acids is 1. The average molecular weight is 327 g/mol. The first-order valence-corrected chi connectivity index (χ1v) is 7.99. The Bertz CT molecular complexity index is 583. The number of carboxylic acids is 1. The molecule has 0 saturated carbocycles. The average Bonchev–Trinajstić information content (AvgIpc) is 2.39. The largest absolute Gasteiger partial charge is 0.547 e. The Labute approximate surface area is 131 Å². The quantitative estimate of drug-likeness (QED) is 0.474. The van der Waals surface area contributed by atoms with Gasteiger partial charge in [-0.1, -0.05) is 6.07 Å². The molecule has 0 spiro atoms. The highest BCUT2D eigenvalue weighted by atomic mass is 32.2. The zero-order valence-electron chi connectivity index (χ0n) is 11.2. The third-order valence-corrected chi connectivity index (χ3v) is 4.00. The lowest BCUT2D eigenvalue weighted by Crippen LogP contribution is -2.53. The molecule has 0 radical (unpaired) electrons. The Kier molecular flexibility index (Phi) is 5.07. The Hall–Kier alpha value is -1.32. The van der Waals surface area contributed by atoms with Gasteiger partial charge in [0.1, 0.15) is 11.3 Å². The van der Waals surface area contributed by atoms with Gasteiger partial charge in [-0.15, -0.1) is 12.6 Å². The maximum Gasteiger partial charge on any atom is 0.547 e. The second-order valence-corrected chi connectivity index (χ2v) is 5.92. The van der Waals surface area contributed by atoms with Crippen molar-refractivity contribution >= 4 is 43.4 Å². The molecule has 1 atom stereocenters. The summed E-state index contributed by atoms with van der Waals surface area (Å²) in [5.74, 6) is -1.59. The van der Waals surface area contributed by atoms with Crippen molar-refractivity contribution in [3.05, 3.63) is 23.3 Å². The van der Waals surface area contributed by atoms with E-state index in [2.05, 4.69) is 17.9 Å². The predicted molar refractivity (Wildman–Crippen MR) is 83.3 cm³/mol. The molecule has 0 aliphatic carbocycles. The van der Waals surface area contributed by atoms with Gasteiger partial charge < -0.3 is 20.1 Å². The molecule has 1 aromatic rings. The van der Waals surface area contributed by atoms with Crippen molar-refractivity contribution in [2.45, 2.75) is 17.3 Å². The molecule has 1 aliphatic rings. The lowest BCUT2D eigenvalue weighted by atomic mass is 9.72. The van der Waals surface area contributed by atoms with Gasteiger partial charge >= 0.3 is 13.1 Å². The second kappa shape index (κ2) is 6.63. The number of rotatable bonds is 4. The van der Waals surface area contributed by atoms with Gasteiger partial charge in [0.15, 0.2) is 0 Å². The predicted octanol–water partition coefficient (Wildman–Crippen LogP) is 0.476. The van der Waals surface area contributed by atoms with E-state index >= 15 is 0 Å². The zero-order chi connectivity index (χ0) is 15.6. The van der Waals surface area contributed by atoms with Crippen LogP contribution in [0.2, 0.25) is 0 Å². The van der Waals surface area contributed by atoms with E-state index in [1.807, 2.05) is 0 Å². The van der Waals surface area contributed by atoms with E-state index in [4.69, 9.17) is 4.65 Å². The standard InChI is InChI=1S/C12H14BNO5S2/c1-21-5-9(15)14-8-4-6-2-3-7(20)10(12(16)17)11(6)19-13(8)18/h2-3,8,18,20H,4-5H2,1H3,(H,14,15)(H,16,17)/t8-/m0/s1. The van der Waals surface area contributed by atoms with Crippen molar-refractivity contribution in [3.63, 3.8) is 0 Å². The molecule has 0 bridgehead atoms. The maximum atomic E-state index is 11.6. The Morgan fingerprint density at radius 2 is 2.29 bits per heavy atom. The van der Waals surface area contributed by atoms with Crippen LogP contribution in [0.15, 0.2) is 17.0 Å². The molecule has 2 rings (SSSR count). The molecule has 0 fully saturated rings.